The highest BCUT2D eigenvalue weighted by Gasteiger charge is 2.21. The molecule has 7 heteroatoms. The minimum Gasteiger partial charge on any atom is -0.353 e. The van der Waals surface area contributed by atoms with Crippen molar-refractivity contribution >= 4 is 17.5 Å². The number of carbonyl (C=O) groups is 1. The van der Waals surface area contributed by atoms with E-state index in [9.17, 15) is 4.79 Å². The van der Waals surface area contributed by atoms with E-state index in [1.807, 2.05) is 30.5 Å². The summed E-state index contributed by atoms with van der Waals surface area (Å²) in [6.45, 7) is 3.50. The van der Waals surface area contributed by atoms with Crippen LogP contribution >= 0.6 is 0 Å². The molecule has 1 amide bonds. The molecule has 0 aromatic carbocycles. The summed E-state index contributed by atoms with van der Waals surface area (Å²) < 4.78 is 0. The van der Waals surface area contributed by atoms with Crippen molar-refractivity contribution in [3.05, 3.63) is 42.2 Å². The predicted molar refractivity (Wildman–Crippen MR) is 110 cm³/mol. The van der Waals surface area contributed by atoms with Crippen LogP contribution in [0.15, 0.2) is 36.5 Å². The molecule has 1 aliphatic heterocycles. The van der Waals surface area contributed by atoms with Gasteiger partial charge in [-0.05, 0) is 37.1 Å². The third-order valence-electron chi connectivity index (χ3n) is 5.65. The number of nitrogens with one attached hydrogen (secondary N) is 1. The lowest BCUT2D eigenvalue weighted by Gasteiger charge is -2.35. The fourth-order valence-electron chi connectivity index (χ4n) is 4.00. The lowest BCUT2D eigenvalue weighted by atomic mass is 10.1. The smallest absolute Gasteiger partial charge is 0.272 e. The number of amides is 1. The summed E-state index contributed by atoms with van der Waals surface area (Å²) in [4.78, 5) is 21.4. The van der Waals surface area contributed by atoms with E-state index in [2.05, 4.69) is 30.3 Å². The quantitative estimate of drug-likeness (QED) is 0.822. The molecule has 3 heterocycles. The van der Waals surface area contributed by atoms with Crippen molar-refractivity contribution in [1.29, 1.82) is 0 Å². The predicted octanol–water partition coefficient (Wildman–Crippen LogP) is 2.65. The van der Waals surface area contributed by atoms with E-state index in [1.165, 1.54) is 25.7 Å². The van der Waals surface area contributed by atoms with Crippen LogP contribution in [0.5, 0.6) is 0 Å². The van der Waals surface area contributed by atoms with Crippen molar-refractivity contribution in [2.45, 2.75) is 44.6 Å². The van der Waals surface area contributed by atoms with Crippen LogP contribution < -0.4 is 15.1 Å². The molecule has 0 spiro atoms. The lowest BCUT2D eigenvalue weighted by molar-refractivity contribution is 0.0927. The Hall–Kier alpha value is -2.70. The summed E-state index contributed by atoms with van der Waals surface area (Å²) in [7, 11) is 0. The Bertz CT molecular complexity index is 750. The number of aromatic nitrogens is 3. The van der Waals surface area contributed by atoms with Gasteiger partial charge in [-0.25, -0.2) is 4.98 Å². The zero-order valence-corrected chi connectivity index (χ0v) is 16.3. The van der Waals surface area contributed by atoms with Gasteiger partial charge in [-0.3, -0.25) is 4.79 Å². The van der Waals surface area contributed by atoms with Crippen molar-refractivity contribution in [1.82, 2.24) is 20.5 Å². The van der Waals surface area contributed by atoms with E-state index in [-0.39, 0.29) is 11.9 Å². The van der Waals surface area contributed by atoms with Gasteiger partial charge in [0.05, 0.1) is 0 Å². The van der Waals surface area contributed by atoms with Crippen molar-refractivity contribution in [3.8, 4) is 0 Å². The molecule has 1 saturated heterocycles. The molecule has 0 atom stereocenters. The Balaban J connectivity index is 1.31. The van der Waals surface area contributed by atoms with Crippen LogP contribution in [0.1, 0.15) is 49.0 Å². The van der Waals surface area contributed by atoms with Crippen molar-refractivity contribution < 1.29 is 4.79 Å². The topological polar surface area (TPSA) is 74.2 Å². The molecule has 2 aliphatic rings. The molecule has 2 fully saturated rings. The maximum absolute atomic E-state index is 12.5. The summed E-state index contributed by atoms with van der Waals surface area (Å²) in [6.07, 6.45) is 8.89. The van der Waals surface area contributed by atoms with Gasteiger partial charge >= 0.3 is 0 Å². The Morgan fingerprint density at radius 1 is 0.857 bits per heavy atom. The van der Waals surface area contributed by atoms with Crippen molar-refractivity contribution in [2.24, 2.45) is 0 Å². The molecule has 0 radical (unpaired) electrons. The summed E-state index contributed by atoms with van der Waals surface area (Å²) in [5.74, 6) is 1.73. The van der Waals surface area contributed by atoms with Crippen LogP contribution in [-0.2, 0) is 0 Å². The SMILES string of the molecule is O=C(NC1CCCCCC1)c1ccc(N2CCN(c3ccccn3)CC2)nn1. The highest BCUT2D eigenvalue weighted by Crippen LogP contribution is 2.19. The third-order valence-corrected chi connectivity index (χ3v) is 5.65. The molecule has 2 aromatic heterocycles. The number of piperazine rings is 1. The average Bonchev–Trinajstić information content (AvgIpc) is 3.03. The average molecular weight is 380 g/mol. The molecule has 0 bridgehead atoms. The van der Waals surface area contributed by atoms with Gasteiger partial charge in [0.25, 0.3) is 5.91 Å². The maximum Gasteiger partial charge on any atom is 0.272 e. The molecule has 1 saturated carbocycles. The van der Waals surface area contributed by atoms with Crippen LogP contribution in [0.25, 0.3) is 0 Å². The number of pyridine rings is 1. The molecule has 28 heavy (non-hydrogen) atoms. The number of nitrogens with zero attached hydrogens (tertiary/aromatic N) is 5. The second kappa shape index (κ2) is 8.99. The lowest BCUT2D eigenvalue weighted by Crippen LogP contribution is -2.47. The van der Waals surface area contributed by atoms with Gasteiger partial charge in [-0.2, -0.15) is 0 Å². The molecule has 1 N–H and O–H groups in total. The minimum absolute atomic E-state index is 0.106. The maximum atomic E-state index is 12.5. The molecule has 4 rings (SSSR count). The highest BCUT2D eigenvalue weighted by atomic mass is 16.2. The summed E-state index contributed by atoms with van der Waals surface area (Å²) in [5.41, 5.74) is 0.403. The van der Waals surface area contributed by atoms with Crippen LogP contribution in [0.4, 0.5) is 11.6 Å². The molecule has 1 aliphatic carbocycles. The van der Waals surface area contributed by atoms with E-state index in [4.69, 9.17) is 0 Å². The largest absolute Gasteiger partial charge is 0.353 e. The van der Waals surface area contributed by atoms with Gasteiger partial charge in [-0.15, -0.1) is 10.2 Å². The monoisotopic (exact) mass is 380 g/mol. The number of hydrogen-bond donors (Lipinski definition) is 1. The van der Waals surface area contributed by atoms with E-state index in [1.54, 1.807) is 6.07 Å². The van der Waals surface area contributed by atoms with Crippen LogP contribution in [-0.4, -0.2) is 53.3 Å². The first-order chi connectivity index (χ1) is 13.8. The highest BCUT2D eigenvalue weighted by molar-refractivity contribution is 5.92. The summed E-state index contributed by atoms with van der Waals surface area (Å²) >= 11 is 0. The Morgan fingerprint density at radius 2 is 1.57 bits per heavy atom. The second-order valence-corrected chi connectivity index (χ2v) is 7.60. The number of hydrogen-bond acceptors (Lipinski definition) is 6. The summed E-state index contributed by atoms with van der Waals surface area (Å²) in [6, 6.07) is 9.96. The molecular weight excluding hydrogens is 352 g/mol. The summed E-state index contributed by atoms with van der Waals surface area (Å²) in [5, 5.41) is 11.6. The zero-order chi connectivity index (χ0) is 19.2. The van der Waals surface area contributed by atoms with E-state index < -0.39 is 0 Å². The van der Waals surface area contributed by atoms with Crippen LogP contribution in [0.3, 0.4) is 0 Å². The van der Waals surface area contributed by atoms with Crippen LogP contribution in [0, 0.1) is 0 Å². The molecule has 148 valence electrons. The Morgan fingerprint density at radius 3 is 2.18 bits per heavy atom. The minimum atomic E-state index is -0.106. The second-order valence-electron chi connectivity index (χ2n) is 7.60. The fraction of sp³-hybridized carbons (Fsp3) is 0.524. The third kappa shape index (κ3) is 4.58. The molecule has 0 unspecified atom stereocenters. The van der Waals surface area contributed by atoms with Gasteiger partial charge in [0.15, 0.2) is 11.5 Å². The number of carbonyl (C=O) groups excluding carboxylic acids is 1. The first-order valence-electron chi connectivity index (χ1n) is 10.3. The van der Waals surface area contributed by atoms with Crippen LogP contribution in [0.2, 0.25) is 0 Å². The molecule has 7 nitrogen and oxygen atoms in total. The zero-order valence-electron chi connectivity index (χ0n) is 16.3. The fourth-order valence-corrected chi connectivity index (χ4v) is 4.00. The van der Waals surface area contributed by atoms with Crippen molar-refractivity contribution in [3.63, 3.8) is 0 Å². The first kappa shape index (κ1) is 18.7. The van der Waals surface area contributed by atoms with Gasteiger partial charge < -0.3 is 15.1 Å². The molecular formula is C21H28N6O. The standard InChI is InChI=1S/C21H28N6O/c28-21(23-17-7-3-1-2-4-8-17)18-10-11-20(25-24-18)27-15-13-26(14-16-27)19-9-5-6-12-22-19/h5-6,9-12,17H,1-4,7-8,13-16H2,(H,23,28). The molecule has 2 aromatic rings. The first-order valence-corrected chi connectivity index (χ1v) is 10.3. The Labute approximate surface area is 166 Å². The van der Waals surface area contributed by atoms with Gasteiger partial charge in [0.2, 0.25) is 0 Å². The van der Waals surface area contributed by atoms with E-state index in [0.717, 1.165) is 50.7 Å². The number of anilines is 2. The van der Waals surface area contributed by atoms with Crippen molar-refractivity contribution in [2.75, 3.05) is 36.0 Å². The van der Waals surface area contributed by atoms with E-state index >= 15 is 0 Å². The Kier molecular flexibility index (Phi) is 5.99. The van der Waals surface area contributed by atoms with Gasteiger partial charge in [0, 0.05) is 38.4 Å². The van der Waals surface area contributed by atoms with Gasteiger partial charge in [0.1, 0.15) is 5.82 Å². The van der Waals surface area contributed by atoms with Gasteiger partial charge in [-0.1, -0.05) is 31.7 Å². The number of rotatable bonds is 4. The normalized spacial score (nSPS) is 18.6. The van der Waals surface area contributed by atoms with E-state index in [0.29, 0.717) is 5.69 Å².